The molecule has 2 aliphatic rings. The lowest BCUT2D eigenvalue weighted by molar-refractivity contribution is -0.348. The molecule has 1 aromatic carbocycles. The summed E-state index contributed by atoms with van der Waals surface area (Å²) in [4.78, 5) is 12.7. The molecule has 1 fully saturated rings. The van der Waals surface area contributed by atoms with E-state index in [9.17, 15) is 35.5 Å². The normalized spacial score (nSPS) is 23.4. The van der Waals surface area contributed by atoms with Crippen LogP contribution in [0.1, 0.15) is 41.9 Å². The Balaban J connectivity index is 1.91. The first-order chi connectivity index (χ1) is 12.9. The van der Waals surface area contributed by atoms with Crippen LogP contribution in [0.4, 0.5) is 30.7 Å². The van der Waals surface area contributed by atoms with Gasteiger partial charge in [0.2, 0.25) is 0 Å². The minimum atomic E-state index is -6.13. The average molecular weight is 413 g/mol. The molecular formula is C18H18F7NO2. The Bertz CT molecular complexity index is 745. The van der Waals surface area contributed by atoms with Crippen LogP contribution in [0.3, 0.4) is 0 Å². The molecule has 1 heterocycles. The van der Waals surface area contributed by atoms with E-state index in [1.54, 1.807) is 0 Å². The van der Waals surface area contributed by atoms with Crippen LogP contribution in [0.25, 0.3) is 0 Å². The molecule has 1 aliphatic carbocycles. The Labute approximate surface area is 156 Å². The van der Waals surface area contributed by atoms with Gasteiger partial charge in [0, 0.05) is 24.1 Å². The monoisotopic (exact) mass is 413 g/mol. The van der Waals surface area contributed by atoms with Crippen molar-refractivity contribution in [3.8, 4) is 0 Å². The van der Waals surface area contributed by atoms with Crippen molar-refractivity contribution in [2.75, 3.05) is 13.1 Å². The van der Waals surface area contributed by atoms with Crippen molar-refractivity contribution >= 4 is 5.97 Å². The van der Waals surface area contributed by atoms with Gasteiger partial charge < -0.3 is 5.11 Å². The van der Waals surface area contributed by atoms with E-state index in [1.165, 1.54) is 0 Å². The average Bonchev–Trinajstić information content (AvgIpc) is 3.00. The summed E-state index contributed by atoms with van der Waals surface area (Å²) in [5, 5.41) is 8.82. The third-order valence-corrected chi connectivity index (χ3v) is 5.70. The molecule has 1 aliphatic heterocycles. The van der Waals surface area contributed by atoms with Gasteiger partial charge >= 0.3 is 24.0 Å². The lowest BCUT2D eigenvalue weighted by Gasteiger charge is -2.35. The zero-order valence-corrected chi connectivity index (χ0v) is 14.6. The van der Waals surface area contributed by atoms with Crippen molar-refractivity contribution in [2.45, 2.75) is 55.7 Å². The highest BCUT2D eigenvalue weighted by atomic mass is 19.4. The highest BCUT2D eigenvalue weighted by Crippen LogP contribution is 2.54. The van der Waals surface area contributed by atoms with Gasteiger partial charge in [0.15, 0.2) is 0 Å². The quantitative estimate of drug-likeness (QED) is 0.737. The molecule has 1 N–H and O–H groups in total. The van der Waals surface area contributed by atoms with Crippen LogP contribution in [0, 0.1) is 0 Å². The summed E-state index contributed by atoms with van der Waals surface area (Å²) in [6, 6.07) is 2.40. The van der Waals surface area contributed by atoms with Gasteiger partial charge in [-0.3, -0.25) is 9.69 Å². The number of nitrogens with zero attached hydrogens (tertiary/aromatic N) is 1. The highest BCUT2D eigenvalue weighted by Gasteiger charge is 2.73. The van der Waals surface area contributed by atoms with E-state index in [4.69, 9.17) is 5.11 Å². The molecule has 0 saturated carbocycles. The Morgan fingerprint density at radius 3 is 2.29 bits per heavy atom. The van der Waals surface area contributed by atoms with Crippen LogP contribution in [0.5, 0.6) is 0 Å². The van der Waals surface area contributed by atoms with Gasteiger partial charge in [0.25, 0.3) is 0 Å². The van der Waals surface area contributed by atoms with Crippen LogP contribution in [0.2, 0.25) is 0 Å². The number of hydrogen-bond donors (Lipinski definition) is 1. The number of aliphatic carboxylic acids is 1. The van der Waals surface area contributed by atoms with Crippen LogP contribution in [-0.4, -0.2) is 47.5 Å². The first kappa shape index (κ1) is 20.9. The molecular weight excluding hydrogens is 395 g/mol. The molecule has 1 aromatic rings. The van der Waals surface area contributed by atoms with E-state index < -0.39 is 29.6 Å². The molecule has 0 radical (unpaired) electrons. The smallest absolute Gasteiger partial charge is 0.435 e. The zero-order chi connectivity index (χ0) is 20.9. The van der Waals surface area contributed by atoms with Crippen LogP contribution < -0.4 is 0 Å². The number of carboxylic acid groups (broad SMARTS) is 1. The molecule has 0 aromatic heterocycles. The van der Waals surface area contributed by atoms with Crippen molar-refractivity contribution in [3.63, 3.8) is 0 Å². The predicted molar refractivity (Wildman–Crippen MR) is 84.6 cm³/mol. The molecule has 0 spiro atoms. The maximum Gasteiger partial charge on any atom is 0.435 e. The van der Waals surface area contributed by atoms with Crippen molar-refractivity contribution < 1.29 is 40.6 Å². The predicted octanol–water partition coefficient (Wildman–Crippen LogP) is 4.55. The molecule has 2 atom stereocenters. The Kier molecular flexibility index (Phi) is 5.14. The van der Waals surface area contributed by atoms with Gasteiger partial charge in [-0.05, 0) is 36.9 Å². The van der Waals surface area contributed by atoms with E-state index in [2.05, 4.69) is 0 Å². The number of likely N-dealkylation sites (tertiary alicyclic amines) is 1. The summed E-state index contributed by atoms with van der Waals surface area (Å²) in [7, 11) is 0. The number of hydrogen-bond acceptors (Lipinski definition) is 2. The summed E-state index contributed by atoms with van der Waals surface area (Å²) < 4.78 is 92.2. The topological polar surface area (TPSA) is 40.5 Å². The van der Waals surface area contributed by atoms with Gasteiger partial charge in [-0.2, -0.15) is 26.3 Å². The molecule has 156 valence electrons. The SMILES string of the molecule is O=C(O)CCN1CCC2c3ccc(C(F)(C(F)(F)F)C(F)(F)F)cc3CCC21. The summed E-state index contributed by atoms with van der Waals surface area (Å²) in [5.41, 5.74) is -5.97. The second-order valence-electron chi connectivity index (χ2n) is 7.25. The fourth-order valence-electron chi connectivity index (χ4n) is 4.37. The van der Waals surface area contributed by atoms with E-state index >= 15 is 0 Å². The van der Waals surface area contributed by atoms with E-state index in [0.29, 0.717) is 43.6 Å². The summed E-state index contributed by atoms with van der Waals surface area (Å²) in [6.45, 7) is 0.932. The summed E-state index contributed by atoms with van der Waals surface area (Å²) in [6.07, 6.45) is -11.0. The van der Waals surface area contributed by atoms with Gasteiger partial charge in [-0.15, -0.1) is 0 Å². The summed E-state index contributed by atoms with van der Waals surface area (Å²) in [5.74, 6) is -1.06. The molecule has 28 heavy (non-hydrogen) atoms. The van der Waals surface area contributed by atoms with E-state index in [-0.39, 0.29) is 30.4 Å². The van der Waals surface area contributed by atoms with Crippen LogP contribution >= 0.6 is 0 Å². The number of rotatable bonds is 4. The number of aryl methyl sites for hydroxylation is 1. The number of halogens is 7. The summed E-state index contributed by atoms with van der Waals surface area (Å²) >= 11 is 0. The second-order valence-corrected chi connectivity index (χ2v) is 7.25. The largest absolute Gasteiger partial charge is 0.481 e. The zero-order valence-electron chi connectivity index (χ0n) is 14.6. The standard InChI is InChI=1S/C18H18F7NO2/c19-16(17(20,21)22,18(23,24)25)11-2-3-12-10(9-11)1-4-14-13(12)5-7-26(14)8-6-15(27)28/h2-3,9,13-14H,1,4-8H2,(H,27,28). The second kappa shape index (κ2) is 6.89. The molecule has 3 nitrogen and oxygen atoms in total. The molecule has 10 heteroatoms. The fourth-order valence-corrected chi connectivity index (χ4v) is 4.37. The number of alkyl halides is 7. The maximum atomic E-state index is 14.3. The first-order valence-corrected chi connectivity index (χ1v) is 8.77. The van der Waals surface area contributed by atoms with E-state index in [0.717, 1.165) is 6.07 Å². The molecule has 2 unspecified atom stereocenters. The fraction of sp³-hybridized carbons (Fsp3) is 0.611. The third kappa shape index (κ3) is 3.35. The third-order valence-electron chi connectivity index (χ3n) is 5.70. The van der Waals surface area contributed by atoms with Gasteiger partial charge in [0.05, 0.1) is 6.42 Å². The molecule has 1 saturated heterocycles. The Morgan fingerprint density at radius 2 is 1.71 bits per heavy atom. The molecule has 0 bridgehead atoms. The number of carboxylic acids is 1. The minimum Gasteiger partial charge on any atom is -0.481 e. The van der Waals surface area contributed by atoms with Crippen molar-refractivity contribution in [1.29, 1.82) is 0 Å². The van der Waals surface area contributed by atoms with Gasteiger partial charge in [0.1, 0.15) is 0 Å². The number of carbonyl (C=O) groups is 1. The molecule has 0 amide bonds. The highest BCUT2D eigenvalue weighted by molar-refractivity contribution is 5.66. The van der Waals surface area contributed by atoms with Crippen LogP contribution in [-0.2, 0) is 16.9 Å². The van der Waals surface area contributed by atoms with Crippen LogP contribution in [0.15, 0.2) is 18.2 Å². The Morgan fingerprint density at radius 1 is 1.07 bits per heavy atom. The van der Waals surface area contributed by atoms with Gasteiger partial charge in [-0.25, -0.2) is 4.39 Å². The molecule has 3 rings (SSSR count). The number of benzene rings is 1. The maximum absolute atomic E-state index is 14.3. The van der Waals surface area contributed by atoms with Crippen molar-refractivity contribution in [3.05, 3.63) is 34.9 Å². The number of fused-ring (bicyclic) bond motifs is 3. The lowest BCUT2D eigenvalue weighted by Crippen LogP contribution is -2.50. The Hall–Kier alpha value is -1.84. The minimum absolute atomic E-state index is 0.0157. The van der Waals surface area contributed by atoms with Gasteiger partial charge in [-0.1, -0.05) is 18.2 Å². The van der Waals surface area contributed by atoms with Crippen molar-refractivity contribution in [1.82, 2.24) is 4.90 Å². The lowest BCUT2D eigenvalue weighted by atomic mass is 9.77. The van der Waals surface area contributed by atoms with E-state index in [1.807, 2.05) is 4.90 Å². The van der Waals surface area contributed by atoms with Crippen molar-refractivity contribution in [2.24, 2.45) is 0 Å². The first-order valence-electron chi connectivity index (χ1n) is 8.77.